The van der Waals surface area contributed by atoms with Crippen LogP contribution in [-0.2, 0) is 11.2 Å². The molecular formula is C18H25N5O. The van der Waals surface area contributed by atoms with Crippen LogP contribution in [0.2, 0.25) is 0 Å². The number of nitrogens with zero attached hydrogens (tertiary/aromatic N) is 5. The normalized spacial score (nSPS) is 24.7. The molecule has 2 aliphatic rings. The average molecular weight is 327 g/mol. The third-order valence-electron chi connectivity index (χ3n) is 5.07. The number of hydrogen-bond acceptors (Lipinski definition) is 5. The van der Waals surface area contributed by atoms with Gasteiger partial charge in [0.15, 0.2) is 5.82 Å². The van der Waals surface area contributed by atoms with E-state index in [1.54, 1.807) is 6.20 Å². The van der Waals surface area contributed by atoms with E-state index in [-0.39, 0.29) is 6.10 Å². The van der Waals surface area contributed by atoms with E-state index in [1.807, 2.05) is 23.8 Å². The third-order valence-corrected chi connectivity index (χ3v) is 5.07. The van der Waals surface area contributed by atoms with Gasteiger partial charge in [0, 0.05) is 25.4 Å². The molecule has 2 aliphatic heterocycles. The van der Waals surface area contributed by atoms with Crippen molar-refractivity contribution >= 4 is 0 Å². The zero-order valence-corrected chi connectivity index (χ0v) is 14.3. The maximum atomic E-state index is 6.22. The van der Waals surface area contributed by atoms with E-state index in [9.17, 15) is 0 Å². The molecule has 0 aliphatic carbocycles. The van der Waals surface area contributed by atoms with Crippen LogP contribution < -0.4 is 0 Å². The highest BCUT2D eigenvalue weighted by molar-refractivity contribution is 5.23. The van der Waals surface area contributed by atoms with E-state index < -0.39 is 0 Å². The molecule has 0 unspecified atom stereocenters. The highest BCUT2D eigenvalue weighted by Gasteiger charge is 2.28. The first kappa shape index (κ1) is 15.7. The van der Waals surface area contributed by atoms with Crippen molar-refractivity contribution in [3.8, 4) is 5.82 Å². The van der Waals surface area contributed by atoms with E-state index >= 15 is 0 Å². The van der Waals surface area contributed by atoms with Gasteiger partial charge in [0.05, 0.1) is 17.9 Å². The zero-order chi connectivity index (χ0) is 16.4. The second-order valence-electron chi connectivity index (χ2n) is 6.90. The monoisotopic (exact) mass is 327 g/mol. The molecule has 0 radical (unpaired) electrons. The summed E-state index contributed by atoms with van der Waals surface area (Å²) in [5.41, 5.74) is 1.00. The highest BCUT2D eigenvalue weighted by Crippen LogP contribution is 2.24. The quantitative estimate of drug-likeness (QED) is 0.842. The van der Waals surface area contributed by atoms with Crippen LogP contribution in [0.1, 0.15) is 37.2 Å². The van der Waals surface area contributed by atoms with Crippen molar-refractivity contribution in [3.63, 3.8) is 0 Å². The highest BCUT2D eigenvalue weighted by atomic mass is 16.5. The molecule has 128 valence electrons. The summed E-state index contributed by atoms with van der Waals surface area (Å²) in [5, 5.41) is 8.71. The summed E-state index contributed by atoms with van der Waals surface area (Å²) in [6.07, 6.45) is 10.2. The topological polar surface area (TPSA) is 56.1 Å². The van der Waals surface area contributed by atoms with Crippen molar-refractivity contribution in [3.05, 3.63) is 36.0 Å². The second-order valence-corrected chi connectivity index (χ2v) is 6.90. The molecule has 4 rings (SSSR count). The lowest BCUT2D eigenvalue weighted by Gasteiger charge is -2.20. The van der Waals surface area contributed by atoms with Crippen LogP contribution in [0.15, 0.2) is 24.5 Å². The summed E-state index contributed by atoms with van der Waals surface area (Å²) >= 11 is 0. The van der Waals surface area contributed by atoms with Gasteiger partial charge in [-0.05, 0) is 57.8 Å². The van der Waals surface area contributed by atoms with Crippen LogP contribution in [0.5, 0.6) is 0 Å². The Bertz CT molecular complexity index is 662. The van der Waals surface area contributed by atoms with Gasteiger partial charge in [0.1, 0.15) is 5.82 Å². The van der Waals surface area contributed by atoms with E-state index in [2.05, 4.69) is 26.1 Å². The van der Waals surface area contributed by atoms with Crippen LogP contribution in [0, 0.1) is 6.92 Å². The summed E-state index contributed by atoms with van der Waals surface area (Å²) < 4.78 is 8.16. The minimum absolute atomic E-state index is 0.285. The van der Waals surface area contributed by atoms with Crippen LogP contribution in [0.3, 0.4) is 0 Å². The molecule has 2 aromatic heterocycles. The number of imidazole rings is 1. The van der Waals surface area contributed by atoms with Gasteiger partial charge in [-0.3, -0.25) is 4.57 Å². The Hall–Kier alpha value is -1.79. The molecule has 0 bridgehead atoms. The first-order chi connectivity index (χ1) is 11.8. The Kier molecular flexibility index (Phi) is 4.58. The fraction of sp³-hybridized carbons (Fsp3) is 0.611. The van der Waals surface area contributed by atoms with Crippen molar-refractivity contribution < 1.29 is 4.74 Å². The smallest absolute Gasteiger partial charge is 0.160 e. The Morgan fingerprint density at radius 2 is 1.96 bits per heavy atom. The first-order valence-corrected chi connectivity index (χ1v) is 8.99. The van der Waals surface area contributed by atoms with Crippen molar-refractivity contribution in [1.29, 1.82) is 0 Å². The van der Waals surface area contributed by atoms with E-state index in [4.69, 9.17) is 4.74 Å². The summed E-state index contributed by atoms with van der Waals surface area (Å²) in [6, 6.07) is 4.06. The molecule has 0 saturated carbocycles. The minimum atomic E-state index is 0.285. The molecule has 0 N–H and O–H groups in total. The predicted molar refractivity (Wildman–Crippen MR) is 91.2 cm³/mol. The lowest BCUT2D eigenvalue weighted by atomic mass is 10.1. The lowest BCUT2D eigenvalue weighted by molar-refractivity contribution is 0.0270. The van der Waals surface area contributed by atoms with Gasteiger partial charge in [-0.25, -0.2) is 4.98 Å². The molecule has 2 atom stereocenters. The molecular weight excluding hydrogens is 302 g/mol. The molecule has 6 heteroatoms. The second kappa shape index (κ2) is 6.99. The largest absolute Gasteiger partial charge is 0.373 e. The molecule has 2 aromatic rings. The number of ether oxygens (including phenoxy) is 1. The Labute approximate surface area is 142 Å². The fourth-order valence-corrected chi connectivity index (χ4v) is 3.76. The maximum Gasteiger partial charge on any atom is 0.160 e. The van der Waals surface area contributed by atoms with Crippen molar-refractivity contribution in [2.45, 2.75) is 51.2 Å². The van der Waals surface area contributed by atoms with Crippen LogP contribution >= 0.6 is 0 Å². The summed E-state index contributed by atoms with van der Waals surface area (Å²) in [7, 11) is 0. The predicted octanol–water partition coefficient (Wildman–Crippen LogP) is 2.16. The molecule has 0 amide bonds. The van der Waals surface area contributed by atoms with Crippen LogP contribution in [0.25, 0.3) is 5.82 Å². The Balaban J connectivity index is 1.32. The molecule has 2 fully saturated rings. The van der Waals surface area contributed by atoms with Crippen LogP contribution in [0.4, 0.5) is 0 Å². The number of rotatable bonds is 5. The molecule has 2 saturated heterocycles. The maximum absolute atomic E-state index is 6.22. The average Bonchev–Trinajstić information content (AvgIpc) is 3.32. The first-order valence-electron chi connectivity index (χ1n) is 8.99. The lowest BCUT2D eigenvalue weighted by Crippen LogP contribution is -2.30. The number of aryl methyl sites for hydroxylation is 1. The number of likely N-dealkylation sites (tertiary alicyclic amines) is 1. The van der Waals surface area contributed by atoms with Gasteiger partial charge in [-0.2, -0.15) is 5.10 Å². The fourth-order valence-electron chi connectivity index (χ4n) is 3.76. The van der Waals surface area contributed by atoms with Crippen molar-refractivity contribution in [1.82, 2.24) is 24.6 Å². The minimum Gasteiger partial charge on any atom is -0.373 e. The van der Waals surface area contributed by atoms with Gasteiger partial charge in [0.25, 0.3) is 0 Å². The van der Waals surface area contributed by atoms with Gasteiger partial charge in [-0.1, -0.05) is 0 Å². The summed E-state index contributed by atoms with van der Waals surface area (Å²) in [4.78, 5) is 6.76. The van der Waals surface area contributed by atoms with E-state index in [1.165, 1.54) is 32.4 Å². The number of hydrogen-bond donors (Lipinski definition) is 0. The third kappa shape index (κ3) is 3.49. The Morgan fingerprint density at radius 3 is 2.67 bits per heavy atom. The van der Waals surface area contributed by atoms with E-state index in [0.717, 1.165) is 36.7 Å². The van der Waals surface area contributed by atoms with E-state index in [0.29, 0.717) is 6.10 Å². The van der Waals surface area contributed by atoms with Crippen molar-refractivity contribution in [2.75, 3.05) is 19.6 Å². The zero-order valence-electron chi connectivity index (χ0n) is 14.3. The standard InChI is InChI=1S/C18H25N5O/c1-14-19-8-11-23(14)18-7-4-15(20-21-18)12-16-5-6-17(24-16)13-22-9-2-3-10-22/h4,7-8,11,16-17H,2-3,5-6,9-10,12-13H2,1H3/t16-,17+/m0/s1. The van der Waals surface area contributed by atoms with Crippen LogP contribution in [-0.4, -0.2) is 56.5 Å². The SMILES string of the molecule is Cc1nccn1-c1ccc(C[C@@H]2CC[C@H](CN3CCCC3)O2)nn1. The molecule has 24 heavy (non-hydrogen) atoms. The van der Waals surface area contributed by atoms with Crippen molar-refractivity contribution in [2.24, 2.45) is 0 Å². The number of aromatic nitrogens is 4. The Morgan fingerprint density at radius 1 is 1.12 bits per heavy atom. The summed E-state index contributed by atoms with van der Waals surface area (Å²) in [6.45, 7) is 5.54. The molecule has 4 heterocycles. The molecule has 0 aromatic carbocycles. The van der Waals surface area contributed by atoms with Gasteiger partial charge >= 0.3 is 0 Å². The van der Waals surface area contributed by atoms with Gasteiger partial charge in [0.2, 0.25) is 0 Å². The molecule has 0 spiro atoms. The summed E-state index contributed by atoms with van der Waals surface area (Å²) in [5.74, 6) is 1.73. The molecule has 6 nitrogen and oxygen atoms in total. The van der Waals surface area contributed by atoms with Gasteiger partial charge < -0.3 is 9.64 Å². The van der Waals surface area contributed by atoms with Gasteiger partial charge in [-0.15, -0.1) is 5.10 Å².